The number of aromatic nitrogens is 1. The van der Waals surface area contributed by atoms with E-state index < -0.39 is 18.5 Å². The van der Waals surface area contributed by atoms with Gasteiger partial charge in [0.15, 0.2) is 6.61 Å². The van der Waals surface area contributed by atoms with Crippen molar-refractivity contribution in [2.24, 2.45) is 7.05 Å². The molecule has 0 bridgehead atoms. The average molecular weight is 573 g/mol. The summed E-state index contributed by atoms with van der Waals surface area (Å²) in [6.07, 6.45) is 0. The fourth-order valence-corrected chi connectivity index (χ4v) is 4.03. The standard InChI is InChI=1S/C25H18ClIN2O4/c1-29-23(25(32)33-14-21(30)28-18-12-10-17(27)11-13-18)22(15-6-8-16(26)9-7-15)19-4-2-3-5-20(19)24(29)31/h2-13H,14H2,1H3,(H,28,30). The molecule has 4 aromatic rings. The third-order valence-corrected chi connectivity index (χ3v) is 6.06. The van der Waals surface area contributed by atoms with Gasteiger partial charge in [0, 0.05) is 32.3 Å². The number of ether oxygens (including phenoxy) is 1. The van der Waals surface area contributed by atoms with Crippen molar-refractivity contribution >= 4 is 62.5 Å². The van der Waals surface area contributed by atoms with Crippen LogP contribution in [0.1, 0.15) is 10.5 Å². The van der Waals surface area contributed by atoms with Crippen molar-refractivity contribution in [2.45, 2.75) is 0 Å². The van der Waals surface area contributed by atoms with Crippen LogP contribution in [0.15, 0.2) is 77.6 Å². The Morgan fingerprint density at radius 2 is 1.61 bits per heavy atom. The molecule has 0 spiro atoms. The summed E-state index contributed by atoms with van der Waals surface area (Å²) in [7, 11) is 1.51. The average Bonchev–Trinajstić information content (AvgIpc) is 2.82. The van der Waals surface area contributed by atoms with Crippen LogP contribution in [-0.4, -0.2) is 23.1 Å². The number of hydrogen-bond acceptors (Lipinski definition) is 4. The minimum atomic E-state index is -0.775. The van der Waals surface area contributed by atoms with Crippen LogP contribution in [0.4, 0.5) is 5.69 Å². The lowest BCUT2D eigenvalue weighted by Gasteiger charge is -2.17. The van der Waals surface area contributed by atoms with Gasteiger partial charge < -0.3 is 14.6 Å². The Kier molecular flexibility index (Phi) is 6.80. The SMILES string of the molecule is Cn1c(C(=O)OCC(=O)Nc2ccc(I)cc2)c(-c2ccc(Cl)cc2)c2ccccc2c1=O. The van der Waals surface area contributed by atoms with E-state index in [1.54, 1.807) is 60.7 Å². The second-order valence-corrected chi connectivity index (χ2v) is 8.95. The van der Waals surface area contributed by atoms with Gasteiger partial charge in [-0.25, -0.2) is 4.79 Å². The lowest BCUT2D eigenvalue weighted by Crippen LogP contribution is -2.28. The molecule has 1 amide bonds. The molecule has 0 atom stereocenters. The molecule has 0 radical (unpaired) electrons. The zero-order chi connectivity index (χ0) is 23.5. The van der Waals surface area contributed by atoms with Gasteiger partial charge in [-0.15, -0.1) is 0 Å². The van der Waals surface area contributed by atoms with Gasteiger partial charge in [-0.1, -0.05) is 41.9 Å². The summed E-state index contributed by atoms with van der Waals surface area (Å²) in [5.41, 5.74) is 1.55. The molecule has 0 aliphatic rings. The highest BCUT2D eigenvalue weighted by Gasteiger charge is 2.23. The zero-order valence-corrected chi connectivity index (χ0v) is 20.4. The molecule has 0 saturated heterocycles. The second-order valence-electron chi connectivity index (χ2n) is 7.27. The van der Waals surface area contributed by atoms with Gasteiger partial charge in [0.2, 0.25) is 0 Å². The summed E-state index contributed by atoms with van der Waals surface area (Å²) < 4.78 is 7.61. The molecular formula is C25H18ClIN2O4. The highest BCUT2D eigenvalue weighted by Crippen LogP contribution is 2.31. The highest BCUT2D eigenvalue weighted by atomic mass is 127. The Balaban J connectivity index is 1.69. The van der Waals surface area contributed by atoms with E-state index in [2.05, 4.69) is 27.9 Å². The van der Waals surface area contributed by atoms with Crippen molar-refractivity contribution in [1.29, 1.82) is 0 Å². The van der Waals surface area contributed by atoms with Crippen molar-refractivity contribution in [3.8, 4) is 11.1 Å². The largest absolute Gasteiger partial charge is 0.451 e. The van der Waals surface area contributed by atoms with Gasteiger partial charge in [0.05, 0.1) is 0 Å². The first-order valence-electron chi connectivity index (χ1n) is 9.95. The first-order chi connectivity index (χ1) is 15.8. The topological polar surface area (TPSA) is 77.4 Å². The van der Waals surface area contributed by atoms with Gasteiger partial charge in [-0.2, -0.15) is 0 Å². The molecule has 4 rings (SSSR count). The van der Waals surface area contributed by atoms with Crippen LogP contribution in [0.3, 0.4) is 0 Å². The molecule has 8 heteroatoms. The molecular weight excluding hydrogens is 555 g/mol. The van der Waals surface area contributed by atoms with Gasteiger partial charge >= 0.3 is 5.97 Å². The Labute approximate surface area is 208 Å². The number of rotatable bonds is 5. The molecule has 0 aliphatic carbocycles. The fraction of sp³-hybridized carbons (Fsp3) is 0.0800. The van der Waals surface area contributed by atoms with Crippen molar-refractivity contribution < 1.29 is 14.3 Å². The van der Waals surface area contributed by atoms with Gasteiger partial charge in [-0.05, 0) is 76.0 Å². The normalized spacial score (nSPS) is 10.8. The predicted octanol–water partition coefficient (Wildman–Crippen LogP) is 5.26. The number of pyridine rings is 1. The third-order valence-electron chi connectivity index (χ3n) is 5.09. The quantitative estimate of drug-likeness (QED) is 0.262. The molecule has 6 nitrogen and oxygen atoms in total. The Morgan fingerprint density at radius 3 is 2.27 bits per heavy atom. The summed E-state index contributed by atoms with van der Waals surface area (Å²) in [6, 6.07) is 21.2. The van der Waals surface area contributed by atoms with Gasteiger partial charge in [0.25, 0.3) is 11.5 Å². The zero-order valence-electron chi connectivity index (χ0n) is 17.5. The smallest absolute Gasteiger partial charge is 0.356 e. The summed E-state index contributed by atoms with van der Waals surface area (Å²) in [4.78, 5) is 38.4. The fourth-order valence-electron chi connectivity index (χ4n) is 3.54. The van der Waals surface area contributed by atoms with Crippen LogP contribution < -0.4 is 10.9 Å². The monoisotopic (exact) mass is 572 g/mol. The number of amides is 1. The number of anilines is 1. The highest BCUT2D eigenvalue weighted by molar-refractivity contribution is 14.1. The van der Waals surface area contributed by atoms with Gasteiger partial charge in [0.1, 0.15) is 5.69 Å². The number of esters is 1. The van der Waals surface area contributed by atoms with E-state index in [0.29, 0.717) is 32.6 Å². The van der Waals surface area contributed by atoms with Crippen LogP contribution in [-0.2, 0) is 16.6 Å². The number of fused-ring (bicyclic) bond motifs is 1. The van der Waals surface area contributed by atoms with E-state index in [0.717, 1.165) is 3.57 Å². The van der Waals surface area contributed by atoms with Crippen molar-refractivity contribution in [3.05, 3.63) is 97.4 Å². The van der Waals surface area contributed by atoms with Crippen LogP contribution in [0, 0.1) is 3.57 Å². The lowest BCUT2D eigenvalue weighted by molar-refractivity contribution is -0.119. The van der Waals surface area contributed by atoms with E-state index in [-0.39, 0.29) is 11.3 Å². The number of carbonyl (C=O) groups excluding carboxylic acids is 2. The van der Waals surface area contributed by atoms with Crippen LogP contribution >= 0.6 is 34.2 Å². The Hall–Kier alpha value is -3.17. The molecule has 33 heavy (non-hydrogen) atoms. The number of hydrogen-bond donors (Lipinski definition) is 1. The first kappa shape index (κ1) is 23.0. The molecule has 1 N–H and O–H groups in total. The van der Waals surface area contributed by atoms with Crippen molar-refractivity contribution in [1.82, 2.24) is 4.57 Å². The molecule has 0 aliphatic heterocycles. The molecule has 166 valence electrons. The van der Waals surface area contributed by atoms with E-state index >= 15 is 0 Å². The molecule has 0 fully saturated rings. The molecule has 0 saturated carbocycles. The number of carbonyl (C=O) groups is 2. The number of halogens is 2. The van der Waals surface area contributed by atoms with Crippen LogP contribution in [0.5, 0.6) is 0 Å². The Bertz CT molecular complexity index is 1410. The van der Waals surface area contributed by atoms with Crippen LogP contribution in [0.25, 0.3) is 21.9 Å². The summed E-state index contributed by atoms with van der Waals surface area (Å²) in [5.74, 6) is -1.26. The number of nitrogens with zero attached hydrogens (tertiary/aromatic N) is 1. The van der Waals surface area contributed by atoms with Crippen molar-refractivity contribution in [3.63, 3.8) is 0 Å². The summed E-state index contributed by atoms with van der Waals surface area (Å²) >= 11 is 8.21. The van der Waals surface area contributed by atoms with Gasteiger partial charge in [-0.3, -0.25) is 9.59 Å². The van der Waals surface area contributed by atoms with E-state index in [4.69, 9.17) is 16.3 Å². The molecule has 3 aromatic carbocycles. The van der Waals surface area contributed by atoms with Crippen molar-refractivity contribution in [2.75, 3.05) is 11.9 Å². The number of nitrogens with one attached hydrogen (secondary N) is 1. The maximum Gasteiger partial charge on any atom is 0.356 e. The molecule has 1 aromatic heterocycles. The van der Waals surface area contributed by atoms with E-state index in [1.807, 2.05) is 12.1 Å². The Morgan fingerprint density at radius 1 is 0.970 bits per heavy atom. The molecule has 0 unspecified atom stereocenters. The second kappa shape index (κ2) is 9.76. The minimum absolute atomic E-state index is 0.0584. The third kappa shape index (κ3) is 4.94. The van der Waals surface area contributed by atoms with Crippen LogP contribution in [0.2, 0.25) is 5.02 Å². The van der Waals surface area contributed by atoms with E-state index in [9.17, 15) is 14.4 Å². The summed E-state index contributed by atoms with van der Waals surface area (Å²) in [5, 5.41) is 4.31. The lowest BCUT2D eigenvalue weighted by atomic mass is 9.97. The number of benzene rings is 3. The molecule has 1 heterocycles. The summed E-state index contributed by atoms with van der Waals surface area (Å²) in [6.45, 7) is -0.494. The predicted molar refractivity (Wildman–Crippen MR) is 138 cm³/mol. The minimum Gasteiger partial charge on any atom is -0.451 e. The van der Waals surface area contributed by atoms with E-state index in [1.165, 1.54) is 11.6 Å². The maximum atomic E-state index is 13.1. The first-order valence-corrected chi connectivity index (χ1v) is 11.4. The maximum absolute atomic E-state index is 13.1.